The molecule has 6 heteroatoms. The number of anilines is 1. The fourth-order valence-electron chi connectivity index (χ4n) is 1.81. The average Bonchev–Trinajstić information content (AvgIpc) is 2.36. The van der Waals surface area contributed by atoms with Gasteiger partial charge in [0.25, 0.3) is 0 Å². The minimum Gasteiger partial charge on any atom is -0.367 e. The molecule has 0 aliphatic carbocycles. The first-order chi connectivity index (χ1) is 9.06. The maximum absolute atomic E-state index is 11.1. The zero-order chi connectivity index (χ0) is 13.8. The molecule has 0 aliphatic heterocycles. The van der Waals surface area contributed by atoms with Gasteiger partial charge in [-0.15, -0.1) is 0 Å². The molecular weight excluding hydrogens is 282 g/mol. The molecule has 0 amide bonds. The Morgan fingerprint density at radius 2 is 2.11 bits per heavy atom. The Bertz CT molecular complexity index is 605. The Labute approximate surface area is 120 Å². The Hall–Kier alpha value is -1.20. The minimum atomic E-state index is -0.774. The molecule has 1 N–H and O–H groups in total. The van der Waals surface area contributed by atoms with Crippen molar-refractivity contribution < 1.29 is 4.21 Å². The van der Waals surface area contributed by atoms with Gasteiger partial charge >= 0.3 is 0 Å². The lowest BCUT2D eigenvalue weighted by molar-refractivity contribution is 0.678. The largest absolute Gasteiger partial charge is 0.367 e. The van der Waals surface area contributed by atoms with E-state index in [4.69, 9.17) is 11.6 Å². The van der Waals surface area contributed by atoms with Crippen molar-refractivity contribution in [2.75, 3.05) is 17.3 Å². The summed E-state index contributed by atoms with van der Waals surface area (Å²) >= 11 is 5.92. The molecule has 0 spiro atoms. The number of hydrogen-bond donors (Lipinski definition) is 1. The zero-order valence-electron chi connectivity index (χ0n) is 10.9. The number of aromatic nitrogens is 2. The topological polar surface area (TPSA) is 54.9 Å². The van der Waals surface area contributed by atoms with E-state index in [0.717, 1.165) is 23.1 Å². The highest BCUT2D eigenvalue weighted by molar-refractivity contribution is 7.84. The highest BCUT2D eigenvalue weighted by atomic mass is 35.5. The maximum atomic E-state index is 11.1. The first kappa shape index (κ1) is 14.2. The van der Waals surface area contributed by atoms with E-state index in [9.17, 15) is 4.21 Å². The Balaban J connectivity index is 2.22. The lowest BCUT2D eigenvalue weighted by atomic mass is 10.2. The molecule has 102 valence electrons. The van der Waals surface area contributed by atoms with Gasteiger partial charge in [-0.1, -0.05) is 12.1 Å². The molecule has 2 aromatic rings. The number of rotatable bonds is 5. The average molecular weight is 298 g/mol. The first-order valence-corrected chi connectivity index (χ1v) is 8.15. The van der Waals surface area contributed by atoms with Gasteiger partial charge in [-0.25, -0.2) is 9.97 Å². The zero-order valence-corrected chi connectivity index (χ0v) is 12.5. The van der Waals surface area contributed by atoms with Gasteiger partial charge in [0.2, 0.25) is 5.28 Å². The molecule has 1 aromatic heterocycles. The number of fused-ring (bicyclic) bond motifs is 1. The van der Waals surface area contributed by atoms with Crippen molar-refractivity contribution >= 4 is 39.1 Å². The number of benzene rings is 1. The third kappa shape index (κ3) is 3.88. The summed E-state index contributed by atoms with van der Waals surface area (Å²) in [6, 6.07) is 7.90. The highest BCUT2D eigenvalue weighted by Crippen LogP contribution is 2.22. The van der Waals surface area contributed by atoms with Crippen LogP contribution in [0.2, 0.25) is 5.28 Å². The van der Waals surface area contributed by atoms with Crippen molar-refractivity contribution in [2.24, 2.45) is 0 Å². The van der Waals surface area contributed by atoms with Gasteiger partial charge in [0, 0.05) is 34.2 Å². The van der Waals surface area contributed by atoms with Crippen molar-refractivity contribution in [3.8, 4) is 0 Å². The first-order valence-electron chi connectivity index (χ1n) is 6.05. The van der Waals surface area contributed by atoms with Crippen molar-refractivity contribution in [1.29, 1.82) is 0 Å². The lowest BCUT2D eigenvalue weighted by Gasteiger charge is -2.15. The molecule has 19 heavy (non-hydrogen) atoms. The number of hydrogen-bond acceptors (Lipinski definition) is 4. The summed E-state index contributed by atoms with van der Waals surface area (Å²) in [6.45, 7) is 2.04. The van der Waals surface area contributed by atoms with Crippen LogP contribution in [0.1, 0.15) is 13.3 Å². The molecule has 2 rings (SSSR count). The van der Waals surface area contributed by atoms with E-state index in [0.29, 0.717) is 5.75 Å². The van der Waals surface area contributed by atoms with E-state index in [1.54, 1.807) is 6.26 Å². The Morgan fingerprint density at radius 3 is 2.84 bits per heavy atom. The SMILES string of the molecule is CC(CCS(C)=O)Nc1nc(Cl)nc2ccccc12. The standard InChI is InChI=1S/C13H16ClN3OS/c1-9(7-8-19(2)18)15-12-10-5-3-4-6-11(10)16-13(14)17-12/h3-6,9H,7-8H2,1-2H3,(H,15,16,17). The minimum absolute atomic E-state index is 0.179. The molecule has 1 aromatic carbocycles. The van der Waals surface area contributed by atoms with Crippen molar-refractivity contribution in [3.05, 3.63) is 29.5 Å². The fraction of sp³-hybridized carbons (Fsp3) is 0.385. The summed E-state index contributed by atoms with van der Waals surface area (Å²) in [5.74, 6) is 1.40. The number of nitrogens with zero attached hydrogens (tertiary/aromatic N) is 2. The van der Waals surface area contributed by atoms with Gasteiger partial charge in [0.15, 0.2) is 0 Å². The third-order valence-corrected chi connectivity index (χ3v) is 3.78. The van der Waals surface area contributed by atoms with E-state index in [1.807, 2.05) is 31.2 Å². The second-order valence-corrected chi connectivity index (χ2v) is 6.36. The number of halogens is 1. The summed E-state index contributed by atoms with van der Waals surface area (Å²) < 4.78 is 11.1. The molecule has 0 radical (unpaired) electrons. The Kier molecular flexibility index (Phi) is 4.71. The van der Waals surface area contributed by atoms with Gasteiger partial charge in [-0.05, 0) is 37.1 Å². The summed E-state index contributed by atoms with van der Waals surface area (Å²) in [5, 5.41) is 4.48. The molecule has 4 nitrogen and oxygen atoms in total. The van der Waals surface area contributed by atoms with Gasteiger partial charge in [0.05, 0.1) is 5.52 Å². The fourth-order valence-corrected chi connectivity index (χ4v) is 2.67. The van der Waals surface area contributed by atoms with Gasteiger partial charge in [-0.3, -0.25) is 4.21 Å². The normalized spacial score (nSPS) is 14.3. The molecule has 0 bridgehead atoms. The van der Waals surface area contributed by atoms with Crippen LogP contribution in [0.25, 0.3) is 10.9 Å². The van der Waals surface area contributed by atoms with Gasteiger partial charge < -0.3 is 5.32 Å². The van der Waals surface area contributed by atoms with Gasteiger partial charge in [-0.2, -0.15) is 0 Å². The van der Waals surface area contributed by atoms with Gasteiger partial charge in [0.1, 0.15) is 5.82 Å². The van der Waals surface area contributed by atoms with E-state index < -0.39 is 10.8 Å². The van der Waals surface area contributed by atoms with Crippen LogP contribution in [0.5, 0.6) is 0 Å². The van der Waals surface area contributed by atoms with Crippen LogP contribution < -0.4 is 5.32 Å². The number of para-hydroxylation sites is 1. The maximum Gasteiger partial charge on any atom is 0.224 e. The molecule has 0 saturated carbocycles. The van der Waals surface area contributed by atoms with Crippen LogP contribution in [0.4, 0.5) is 5.82 Å². The molecule has 2 atom stereocenters. The highest BCUT2D eigenvalue weighted by Gasteiger charge is 2.09. The third-order valence-electron chi connectivity index (χ3n) is 2.80. The Morgan fingerprint density at radius 1 is 1.37 bits per heavy atom. The summed E-state index contributed by atoms with van der Waals surface area (Å²) in [4.78, 5) is 8.42. The molecule has 0 aliphatic rings. The predicted molar refractivity (Wildman–Crippen MR) is 81.2 cm³/mol. The van der Waals surface area contributed by atoms with Crippen LogP contribution in [0.15, 0.2) is 24.3 Å². The molecule has 1 heterocycles. The second kappa shape index (κ2) is 6.30. The van der Waals surface area contributed by atoms with Crippen LogP contribution in [0.3, 0.4) is 0 Å². The molecule has 0 fully saturated rings. The van der Waals surface area contributed by atoms with E-state index in [1.165, 1.54) is 0 Å². The van der Waals surface area contributed by atoms with Crippen molar-refractivity contribution in [3.63, 3.8) is 0 Å². The molecular formula is C13H16ClN3OS. The van der Waals surface area contributed by atoms with Crippen LogP contribution in [0, 0.1) is 0 Å². The molecule has 2 unspecified atom stereocenters. The lowest BCUT2D eigenvalue weighted by Crippen LogP contribution is -2.19. The summed E-state index contributed by atoms with van der Waals surface area (Å²) in [7, 11) is -0.774. The molecule has 0 saturated heterocycles. The monoisotopic (exact) mass is 297 g/mol. The second-order valence-electron chi connectivity index (χ2n) is 4.47. The summed E-state index contributed by atoms with van der Waals surface area (Å²) in [6.07, 6.45) is 2.53. The van der Waals surface area contributed by atoms with E-state index in [2.05, 4.69) is 15.3 Å². The van der Waals surface area contributed by atoms with Crippen LogP contribution in [-0.4, -0.2) is 32.2 Å². The van der Waals surface area contributed by atoms with Crippen LogP contribution in [-0.2, 0) is 10.8 Å². The van der Waals surface area contributed by atoms with E-state index >= 15 is 0 Å². The van der Waals surface area contributed by atoms with Crippen molar-refractivity contribution in [1.82, 2.24) is 9.97 Å². The van der Waals surface area contributed by atoms with Crippen molar-refractivity contribution in [2.45, 2.75) is 19.4 Å². The quantitative estimate of drug-likeness (QED) is 0.862. The van der Waals surface area contributed by atoms with Crippen LogP contribution >= 0.6 is 11.6 Å². The smallest absolute Gasteiger partial charge is 0.224 e. The number of nitrogens with one attached hydrogen (secondary N) is 1. The summed E-state index contributed by atoms with van der Waals surface area (Å²) in [5.41, 5.74) is 0.816. The van der Waals surface area contributed by atoms with E-state index in [-0.39, 0.29) is 11.3 Å². The predicted octanol–water partition coefficient (Wildman–Crippen LogP) is 2.85.